The molecule has 0 atom stereocenters. The molecule has 0 bridgehead atoms. The summed E-state index contributed by atoms with van der Waals surface area (Å²) in [7, 11) is -0.518. The van der Waals surface area contributed by atoms with Crippen LogP contribution in [0.15, 0.2) is 41.3 Å². The number of sulfonamides is 1. The van der Waals surface area contributed by atoms with E-state index >= 15 is 0 Å². The minimum Gasteiger partial charge on any atom is -0.328 e. The molecule has 160 valence electrons. The van der Waals surface area contributed by atoms with Crippen molar-refractivity contribution in [1.29, 1.82) is 0 Å². The lowest BCUT2D eigenvalue weighted by Crippen LogP contribution is -2.22. The van der Waals surface area contributed by atoms with Gasteiger partial charge < -0.3 is 9.88 Å². The lowest BCUT2D eigenvalue weighted by molar-refractivity contribution is -0.116. The van der Waals surface area contributed by atoms with Gasteiger partial charge in [-0.1, -0.05) is 6.07 Å². The van der Waals surface area contributed by atoms with Gasteiger partial charge >= 0.3 is 0 Å². The van der Waals surface area contributed by atoms with Gasteiger partial charge in [0.05, 0.1) is 15.9 Å². The molecule has 1 aromatic heterocycles. The topological polar surface area (TPSA) is 84.3 Å². The van der Waals surface area contributed by atoms with Gasteiger partial charge in [0.1, 0.15) is 5.82 Å². The van der Waals surface area contributed by atoms with Crippen molar-refractivity contribution in [1.82, 2.24) is 13.9 Å². The first-order valence-corrected chi connectivity index (χ1v) is 11.4. The third kappa shape index (κ3) is 4.39. The van der Waals surface area contributed by atoms with Crippen LogP contribution in [0.5, 0.6) is 0 Å². The molecule has 8 heteroatoms. The highest BCUT2D eigenvalue weighted by Gasteiger charge is 2.19. The first-order chi connectivity index (χ1) is 14.1. The Morgan fingerprint density at radius 3 is 2.47 bits per heavy atom. The van der Waals surface area contributed by atoms with E-state index in [0.717, 1.165) is 22.6 Å². The highest BCUT2D eigenvalue weighted by atomic mass is 32.2. The van der Waals surface area contributed by atoms with Crippen molar-refractivity contribution in [2.45, 2.75) is 45.1 Å². The zero-order valence-corrected chi connectivity index (χ0v) is 18.9. The van der Waals surface area contributed by atoms with Gasteiger partial charge in [0.25, 0.3) is 0 Å². The summed E-state index contributed by atoms with van der Waals surface area (Å²) in [6, 6.07) is 10.8. The molecule has 2 aromatic carbocycles. The third-order valence-electron chi connectivity index (χ3n) is 5.26. The zero-order valence-electron chi connectivity index (χ0n) is 18.1. The van der Waals surface area contributed by atoms with Crippen molar-refractivity contribution in [3.8, 4) is 0 Å². The number of amides is 1. The van der Waals surface area contributed by atoms with Gasteiger partial charge in [-0.3, -0.25) is 4.79 Å². The molecule has 0 aliphatic carbocycles. The summed E-state index contributed by atoms with van der Waals surface area (Å²) in [5.74, 6) is 0.686. The number of hydrogen-bond acceptors (Lipinski definition) is 4. The van der Waals surface area contributed by atoms with E-state index in [2.05, 4.69) is 10.3 Å². The second kappa shape index (κ2) is 8.57. The van der Waals surface area contributed by atoms with Crippen molar-refractivity contribution in [3.63, 3.8) is 0 Å². The fourth-order valence-corrected chi connectivity index (χ4v) is 4.26. The fraction of sp³-hybridized carbons (Fsp3) is 0.364. The summed E-state index contributed by atoms with van der Waals surface area (Å²) in [6.07, 6.45) is 0.758. The Balaban J connectivity index is 1.79. The molecular weight excluding hydrogens is 400 g/mol. The monoisotopic (exact) mass is 428 g/mol. The minimum absolute atomic E-state index is 0.0798. The second-order valence-corrected chi connectivity index (χ2v) is 9.71. The van der Waals surface area contributed by atoms with Crippen LogP contribution < -0.4 is 5.32 Å². The maximum Gasteiger partial charge on any atom is 0.242 e. The number of rotatable bonds is 7. The van der Waals surface area contributed by atoms with Crippen LogP contribution in [-0.2, 0) is 27.8 Å². The Bertz CT molecular complexity index is 1200. The van der Waals surface area contributed by atoms with E-state index in [1.165, 1.54) is 24.0 Å². The predicted octanol–water partition coefficient (Wildman–Crippen LogP) is 3.49. The van der Waals surface area contributed by atoms with Crippen LogP contribution in [0.25, 0.3) is 11.0 Å². The fourth-order valence-electron chi connectivity index (χ4n) is 3.34. The lowest BCUT2D eigenvalue weighted by Gasteiger charge is -2.11. The minimum atomic E-state index is -3.53. The van der Waals surface area contributed by atoms with E-state index in [1.807, 2.05) is 43.5 Å². The molecule has 7 nitrogen and oxygen atoms in total. The van der Waals surface area contributed by atoms with E-state index in [9.17, 15) is 13.2 Å². The van der Waals surface area contributed by atoms with E-state index < -0.39 is 10.0 Å². The van der Waals surface area contributed by atoms with Crippen LogP contribution >= 0.6 is 0 Å². The molecule has 3 aromatic rings. The number of aromatic nitrogens is 2. The van der Waals surface area contributed by atoms with Crippen molar-refractivity contribution in [2.24, 2.45) is 0 Å². The summed E-state index contributed by atoms with van der Waals surface area (Å²) in [4.78, 5) is 17.3. The number of aryl methyl sites for hydroxylation is 4. The zero-order chi connectivity index (χ0) is 22.1. The molecule has 1 heterocycles. The van der Waals surface area contributed by atoms with Crippen LogP contribution in [0.2, 0.25) is 0 Å². The van der Waals surface area contributed by atoms with E-state index in [-0.39, 0.29) is 10.8 Å². The van der Waals surface area contributed by atoms with E-state index in [4.69, 9.17) is 0 Å². The van der Waals surface area contributed by atoms with Crippen molar-refractivity contribution >= 4 is 32.7 Å². The molecule has 0 saturated heterocycles. The lowest BCUT2D eigenvalue weighted by atomic mass is 10.1. The highest BCUT2D eigenvalue weighted by Crippen LogP contribution is 2.23. The molecule has 0 radical (unpaired) electrons. The Morgan fingerprint density at radius 1 is 1.10 bits per heavy atom. The van der Waals surface area contributed by atoms with Crippen molar-refractivity contribution in [2.75, 3.05) is 19.4 Å². The summed E-state index contributed by atoms with van der Waals surface area (Å²) in [5.41, 5.74) is 4.57. The Labute approximate surface area is 177 Å². The van der Waals surface area contributed by atoms with Gasteiger partial charge in [-0.2, -0.15) is 0 Å². The molecule has 0 aliphatic heterocycles. The average molecular weight is 429 g/mol. The van der Waals surface area contributed by atoms with Gasteiger partial charge in [-0.25, -0.2) is 17.7 Å². The first kappa shape index (κ1) is 22.0. The molecular formula is C22H28N4O3S. The van der Waals surface area contributed by atoms with Gasteiger partial charge in [-0.15, -0.1) is 0 Å². The quantitative estimate of drug-likeness (QED) is 0.624. The number of carbonyl (C=O) groups is 1. The van der Waals surface area contributed by atoms with Crippen LogP contribution in [0.1, 0.15) is 30.3 Å². The molecule has 0 saturated carbocycles. The smallest absolute Gasteiger partial charge is 0.242 e. The highest BCUT2D eigenvalue weighted by molar-refractivity contribution is 7.89. The standard InChI is InChI=1S/C22H28N4O3S/c1-6-26-20-10-9-18(30(28,29)25(4)5)14-19(20)24-21(26)11-12-22(27)23-17-8-7-15(2)16(3)13-17/h7-10,13-14H,6,11-12H2,1-5H3,(H,23,27). The van der Waals surface area contributed by atoms with Crippen LogP contribution in [0.4, 0.5) is 5.69 Å². The molecule has 1 N–H and O–H groups in total. The Kier molecular flexibility index (Phi) is 6.28. The number of fused-ring (bicyclic) bond motifs is 1. The molecule has 1 amide bonds. The summed E-state index contributed by atoms with van der Waals surface area (Å²) in [5, 5.41) is 2.93. The number of nitrogens with one attached hydrogen (secondary N) is 1. The second-order valence-electron chi connectivity index (χ2n) is 7.56. The van der Waals surface area contributed by atoms with Crippen LogP contribution in [-0.4, -0.2) is 42.3 Å². The van der Waals surface area contributed by atoms with Crippen LogP contribution in [0.3, 0.4) is 0 Å². The normalized spacial score (nSPS) is 11.9. The number of anilines is 1. The average Bonchev–Trinajstić information content (AvgIpc) is 3.05. The largest absolute Gasteiger partial charge is 0.328 e. The summed E-state index contributed by atoms with van der Waals surface area (Å²) >= 11 is 0. The van der Waals surface area contributed by atoms with Gasteiger partial charge in [-0.05, 0) is 62.2 Å². The van der Waals surface area contributed by atoms with Crippen LogP contribution in [0, 0.1) is 13.8 Å². The predicted molar refractivity (Wildman–Crippen MR) is 119 cm³/mol. The van der Waals surface area contributed by atoms with E-state index in [1.54, 1.807) is 18.2 Å². The summed E-state index contributed by atoms with van der Waals surface area (Å²) < 4.78 is 28.0. The Hall–Kier alpha value is -2.71. The molecule has 0 fully saturated rings. The number of nitrogens with zero attached hydrogens (tertiary/aromatic N) is 3. The molecule has 0 spiro atoms. The maximum absolute atomic E-state index is 12.4. The first-order valence-electron chi connectivity index (χ1n) is 9.92. The van der Waals surface area contributed by atoms with E-state index in [0.29, 0.717) is 24.9 Å². The maximum atomic E-state index is 12.4. The summed E-state index contributed by atoms with van der Waals surface area (Å²) in [6.45, 7) is 6.74. The van der Waals surface area contributed by atoms with Gasteiger partial charge in [0.2, 0.25) is 15.9 Å². The molecule has 30 heavy (non-hydrogen) atoms. The molecule has 3 rings (SSSR count). The third-order valence-corrected chi connectivity index (χ3v) is 7.07. The number of hydrogen-bond donors (Lipinski definition) is 1. The van der Waals surface area contributed by atoms with Crippen molar-refractivity contribution in [3.05, 3.63) is 53.3 Å². The number of carbonyl (C=O) groups excluding carboxylic acids is 1. The number of benzene rings is 2. The molecule has 0 aliphatic rings. The Morgan fingerprint density at radius 2 is 1.83 bits per heavy atom. The van der Waals surface area contributed by atoms with Gasteiger partial charge in [0, 0.05) is 39.2 Å². The number of imidazole rings is 1. The SMILES string of the molecule is CCn1c(CCC(=O)Nc2ccc(C)c(C)c2)nc2cc(S(=O)(=O)N(C)C)ccc21. The molecule has 0 unspecified atom stereocenters. The van der Waals surface area contributed by atoms with Gasteiger partial charge in [0.15, 0.2) is 0 Å². The van der Waals surface area contributed by atoms with Crippen molar-refractivity contribution < 1.29 is 13.2 Å².